The Kier molecular flexibility index (Phi) is 4.37. The highest BCUT2D eigenvalue weighted by Crippen LogP contribution is 2.29. The molecule has 7 heteroatoms. The van der Waals surface area contributed by atoms with Crippen molar-refractivity contribution in [3.05, 3.63) is 60.9 Å². The monoisotopic (exact) mass is 396 g/mol. The largest absolute Gasteiger partial charge is 0.449 e. The Morgan fingerprint density at radius 1 is 1.40 bits per heavy atom. The third-order valence-corrected chi connectivity index (χ3v) is 4.15. The molecular weight excluding hydrogens is 392 g/mol. The van der Waals surface area contributed by atoms with Crippen LogP contribution in [0.15, 0.2) is 43.9 Å². The minimum absolute atomic E-state index is 0.0644. The van der Waals surface area contributed by atoms with E-state index in [1.54, 1.807) is 12.1 Å². The van der Waals surface area contributed by atoms with Gasteiger partial charge in [0.1, 0.15) is 5.76 Å². The molecule has 0 amide bonds. The fourth-order valence-electron chi connectivity index (χ4n) is 1.54. The van der Waals surface area contributed by atoms with Crippen LogP contribution in [0.25, 0.3) is 11.6 Å². The van der Waals surface area contributed by atoms with Crippen molar-refractivity contribution in [2.45, 2.75) is 0 Å². The second-order valence-electron chi connectivity index (χ2n) is 3.75. The molecule has 2 aromatic rings. The second-order valence-corrected chi connectivity index (χ2v) is 5.32. The first-order valence-corrected chi connectivity index (χ1v) is 6.91. The molecule has 0 atom stereocenters. The number of allylic oxidation sites excluding steroid dienone is 1. The number of furan rings is 1. The van der Waals surface area contributed by atoms with E-state index in [0.717, 1.165) is 4.47 Å². The van der Waals surface area contributed by atoms with Crippen molar-refractivity contribution < 1.29 is 9.34 Å². The predicted molar refractivity (Wildman–Crippen MR) is 80.7 cm³/mol. The van der Waals surface area contributed by atoms with E-state index in [0.29, 0.717) is 16.0 Å². The van der Waals surface area contributed by atoms with Gasteiger partial charge in [0.15, 0.2) is 4.67 Å². The van der Waals surface area contributed by atoms with Crippen LogP contribution in [0.5, 0.6) is 0 Å². The van der Waals surface area contributed by atoms with Gasteiger partial charge in [-0.25, -0.2) is 0 Å². The summed E-state index contributed by atoms with van der Waals surface area (Å²) >= 11 is 6.47. The zero-order valence-electron chi connectivity index (χ0n) is 9.84. The van der Waals surface area contributed by atoms with Gasteiger partial charge in [0.05, 0.1) is 21.0 Å². The lowest BCUT2D eigenvalue weighted by Crippen LogP contribution is -1.89. The number of nitro benzene ring substituents is 1. The van der Waals surface area contributed by atoms with Crippen molar-refractivity contribution in [2.24, 2.45) is 0 Å². The van der Waals surface area contributed by atoms with E-state index in [1.165, 1.54) is 24.3 Å². The fourth-order valence-corrected chi connectivity index (χ4v) is 2.15. The van der Waals surface area contributed by atoms with Crippen molar-refractivity contribution in [3.63, 3.8) is 0 Å². The molecule has 0 spiro atoms. The number of non-ortho nitro benzene ring substituents is 1. The molecule has 1 aromatic heterocycles. The third kappa shape index (κ3) is 3.15. The van der Waals surface area contributed by atoms with Gasteiger partial charge in [0.2, 0.25) is 0 Å². The number of nitriles is 1. The Hall–Kier alpha value is -1.91. The number of hydrogen-bond acceptors (Lipinski definition) is 4. The van der Waals surface area contributed by atoms with Crippen LogP contribution in [-0.2, 0) is 0 Å². The van der Waals surface area contributed by atoms with Gasteiger partial charge in [-0.15, -0.1) is 0 Å². The van der Waals surface area contributed by atoms with Gasteiger partial charge in [0, 0.05) is 12.1 Å². The standard InChI is InChI=1S/C13H6Br2N2O3/c14-12-6-11(20-13(12)15)5-9(7-16)8-2-1-3-10(4-8)17(18)19/h1-6H/b9-5-. The van der Waals surface area contributed by atoms with E-state index in [1.807, 2.05) is 6.07 Å². The minimum atomic E-state index is -0.501. The highest BCUT2D eigenvalue weighted by molar-refractivity contribution is 9.13. The Morgan fingerprint density at radius 2 is 2.15 bits per heavy atom. The van der Waals surface area contributed by atoms with E-state index in [4.69, 9.17) is 4.42 Å². The van der Waals surface area contributed by atoms with E-state index >= 15 is 0 Å². The third-order valence-electron chi connectivity index (χ3n) is 2.44. The van der Waals surface area contributed by atoms with Gasteiger partial charge in [-0.05, 0) is 49.6 Å². The normalized spacial score (nSPS) is 11.2. The number of nitro groups is 1. The van der Waals surface area contributed by atoms with Crippen LogP contribution in [-0.4, -0.2) is 4.92 Å². The SMILES string of the molecule is N#C/C(=C/c1cc(Br)c(Br)o1)c1cccc([N+](=O)[O-])c1. The first kappa shape index (κ1) is 14.5. The lowest BCUT2D eigenvalue weighted by Gasteiger charge is -1.98. The molecule has 0 aliphatic carbocycles. The van der Waals surface area contributed by atoms with Crippen molar-refractivity contribution in [3.8, 4) is 6.07 Å². The minimum Gasteiger partial charge on any atom is -0.449 e. The van der Waals surface area contributed by atoms with E-state index in [-0.39, 0.29) is 11.3 Å². The highest BCUT2D eigenvalue weighted by atomic mass is 79.9. The predicted octanol–water partition coefficient (Wildman–Crippen LogP) is 4.78. The van der Waals surface area contributed by atoms with Crippen LogP contribution < -0.4 is 0 Å². The summed E-state index contributed by atoms with van der Waals surface area (Å²) < 4.78 is 6.59. The summed E-state index contributed by atoms with van der Waals surface area (Å²) in [6.07, 6.45) is 1.52. The van der Waals surface area contributed by atoms with Crippen molar-refractivity contribution >= 4 is 49.2 Å². The Morgan fingerprint density at radius 3 is 2.70 bits per heavy atom. The summed E-state index contributed by atoms with van der Waals surface area (Å²) in [5.41, 5.74) is 0.679. The molecule has 100 valence electrons. The van der Waals surface area contributed by atoms with Crippen molar-refractivity contribution in [1.29, 1.82) is 5.26 Å². The maximum Gasteiger partial charge on any atom is 0.270 e. The molecular formula is C13H6Br2N2O3. The summed E-state index contributed by atoms with van der Waals surface area (Å²) in [5, 5.41) is 19.9. The first-order chi connectivity index (χ1) is 9.51. The number of rotatable bonds is 3. The molecule has 1 aromatic carbocycles. The molecule has 0 saturated carbocycles. The first-order valence-electron chi connectivity index (χ1n) is 5.32. The number of benzene rings is 1. The summed E-state index contributed by atoms with van der Waals surface area (Å²) in [6, 6.07) is 9.59. The van der Waals surface area contributed by atoms with Crippen LogP contribution in [0.2, 0.25) is 0 Å². The van der Waals surface area contributed by atoms with E-state index < -0.39 is 4.92 Å². The van der Waals surface area contributed by atoms with Crippen molar-refractivity contribution in [1.82, 2.24) is 0 Å². The Labute approximate surface area is 130 Å². The Balaban J connectivity index is 2.45. The second kappa shape index (κ2) is 6.03. The Bertz CT molecular complexity index is 725. The van der Waals surface area contributed by atoms with Crippen LogP contribution in [0.4, 0.5) is 5.69 Å². The number of nitrogens with zero attached hydrogens (tertiary/aromatic N) is 2. The number of hydrogen-bond donors (Lipinski definition) is 0. The van der Waals surface area contributed by atoms with Gasteiger partial charge in [0.25, 0.3) is 5.69 Å². The van der Waals surface area contributed by atoms with E-state index in [2.05, 4.69) is 31.9 Å². The van der Waals surface area contributed by atoms with Crippen LogP contribution in [0, 0.1) is 21.4 Å². The highest BCUT2D eigenvalue weighted by Gasteiger charge is 2.10. The smallest absolute Gasteiger partial charge is 0.270 e. The van der Waals surface area contributed by atoms with Gasteiger partial charge in [-0.2, -0.15) is 5.26 Å². The quantitative estimate of drug-likeness (QED) is 0.424. The van der Waals surface area contributed by atoms with Gasteiger partial charge in [-0.3, -0.25) is 10.1 Å². The summed E-state index contributed by atoms with van der Waals surface area (Å²) in [4.78, 5) is 10.2. The van der Waals surface area contributed by atoms with Crippen LogP contribution in [0.3, 0.4) is 0 Å². The molecule has 20 heavy (non-hydrogen) atoms. The molecule has 0 radical (unpaired) electrons. The molecule has 1 heterocycles. The average Bonchev–Trinajstić information content (AvgIpc) is 2.75. The molecule has 0 aliphatic heterocycles. The van der Waals surface area contributed by atoms with Gasteiger partial charge in [-0.1, -0.05) is 12.1 Å². The van der Waals surface area contributed by atoms with Gasteiger partial charge >= 0.3 is 0 Å². The summed E-state index contributed by atoms with van der Waals surface area (Å²) in [7, 11) is 0. The molecule has 0 N–H and O–H groups in total. The maximum absolute atomic E-state index is 10.7. The molecule has 0 bridgehead atoms. The van der Waals surface area contributed by atoms with Crippen molar-refractivity contribution in [2.75, 3.05) is 0 Å². The number of halogens is 2. The summed E-state index contributed by atoms with van der Waals surface area (Å²) in [6.45, 7) is 0. The zero-order chi connectivity index (χ0) is 14.7. The molecule has 2 rings (SSSR count). The zero-order valence-corrected chi connectivity index (χ0v) is 13.0. The maximum atomic E-state index is 10.7. The molecule has 0 saturated heterocycles. The van der Waals surface area contributed by atoms with Gasteiger partial charge < -0.3 is 4.42 Å². The lowest BCUT2D eigenvalue weighted by molar-refractivity contribution is -0.384. The topological polar surface area (TPSA) is 80.1 Å². The molecule has 0 unspecified atom stereocenters. The molecule has 5 nitrogen and oxygen atoms in total. The van der Waals surface area contributed by atoms with Crippen LogP contribution in [0.1, 0.15) is 11.3 Å². The molecule has 0 aliphatic rings. The summed E-state index contributed by atoms with van der Waals surface area (Å²) in [5.74, 6) is 0.465. The van der Waals surface area contributed by atoms with E-state index in [9.17, 15) is 15.4 Å². The lowest BCUT2D eigenvalue weighted by atomic mass is 10.1. The fraction of sp³-hybridized carbons (Fsp3) is 0. The molecule has 0 fully saturated rings. The van der Waals surface area contributed by atoms with Crippen LogP contribution >= 0.6 is 31.9 Å². The average molecular weight is 398 g/mol.